The van der Waals surface area contributed by atoms with Gasteiger partial charge in [0, 0.05) is 6.04 Å². The molecular weight excluding hydrogens is 342 g/mol. The number of amides is 4. The van der Waals surface area contributed by atoms with Gasteiger partial charge in [-0.15, -0.1) is 0 Å². The number of nitrogens with one attached hydrogen (secondary N) is 2. The third-order valence-electron chi connectivity index (χ3n) is 6.03. The number of aryl methyl sites for hydroxylation is 1. The smallest absolute Gasteiger partial charge is 0.325 e. The van der Waals surface area contributed by atoms with E-state index in [2.05, 4.69) is 24.5 Å². The van der Waals surface area contributed by atoms with Crippen LogP contribution >= 0.6 is 0 Å². The van der Waals surface area contributed by atoms with Gasteiger partial charge in [-0.05, 0) is 36.7 Å². The monoisotopic (exact) mass is 371 g/mol. The van der Waals surface area contributed by atoms with E-state index in [9.17, 15) is 14.4 Å². The molecule has 0 bridgehead atoms. The zero-order valence-electron chi connectivity index (χ0n) is 16.1. The normalized spacial score (nSPS) is 28.1. The van der Waals surface area contributed by atoms with Gasteiger partial charge in [0.15, 0.2) is 0 Å². The lowest BCUT2D eigenvalue weighted by Crippen LogP contribution is -2.48. The van der Waals surface area contributed by atoms with Crippen molar-refractivity contribution in [2.75, 3.05) is 6.54 Å². The van der Waals surface area contributed by atoms with Crippen LogP contribution in [0.25, 0.3) is 0 Å². The molecule has 6 nitrogen and oxygen atoms in total. The lowest BCUT2D eigenvalue weighted by Gasteiger charge is -2.34. The highest BCUT2D eigenvalue weighted by Crippen LogP contribution is 2.29. The maximum atomic E-state index is 12.5. The molecule has 27 heavy (non-hydrogen) atoms. The van der Waals surface area contributed by atoms with Crippen molar-refractivity contribution in [2.45, 2.75) is 58.0 Å². The minimum atomic E-state index is -0.556. The Morgan fingerprint density at radius 1 is 1.19 bits per heavy atom. The number of urea groups is 1. The van der Waals surface area contributed by atoms with Crippen LogP contribution in [-0.2, 0) is 16.0 Å². The van der Waals surface area contributed by atoms with E-state index in [0.29, 0.717) is 24.7 Å². The van der Waals surface area contributed by atoms with Crippen LogP contribution in [0.4, 0.5) is 4.79 Å². The molecule has 0 spiro atoms. The van der Waals surface area contributed by atoms with Crippen molar-refractivity contribution >= 4 is 17.8 Å². The topological polar surface area (TPSA) is 78.5 Å². The predicted octanol–water partition coefficient (Wildman–Crippen LogP) is 2.48. The van der Waals surface area contributed by atoms with Gasteiger partial charge < -0.3 is 10.6 Å². The Labute approximate surface area is 160 Å². The van der Waals surface area contributed by atoms with E-state index < -0.39 is 12.1 Å². The zero-order valence-corrected chi connectivity index (χ0v) is 16.1. The van der Waals surface area contributed by atoms with E-state index in [1.54, 1.807) is 0 Å². The van der Waals surface area contributed by atoms with Crippen molar-refractivity contribution < 1.29 is 14.4 Å². The van der Waals surface area contributed by atoms with Crippen LogP contribution in [0.3, 0.4) is 0 Å². The lowest BCUT2D eigenvalue weighted by atomic mass is 9.78. The minimum absolute atomic E-state index is 0.121. The molecule has 4 atom stereocenters. The molecule has 0 radical (unpaired) electrons. The summed E-state index contributed by atoms with van der Waals surface area (Å²) in [5.41, 5.74) is 1.12. The Bertz CT molecular complexity index is 691. The lowest BCUT2D eigenvalue weighted by molar-refractivity contribution is -0.132. The molecule has 0 aromatic heterocycles. The van der Waals surface area contributed by atoms with E-state index in [1.165, 1.54) is 6.42 Å². The average molecular weight is 371 g/mol. The van der Waals surface area contributed by atoms with E-state index in [1.807, 2.05) is 30.3 Å². The Kier molecular flexibility index (Phi) is 6.14. The summed E-state index contributed by atoms with van der Waals surface area (Å²) >= 11 is 0. The van der Waals surface area contributed by atoms with E-state index in [-0.39, 0.29) is 24.4 Å². The first-order chi connectivity index (χ1) is 13.0. The Morgan fingerprint density at radius 2 is 1.93 bits per heavy atom. The van der Waals surface area contributed by atoms with E-state index in [4.69, 9.17) is 0 Å². The number of hydrogen-bond donors (Lipinski definition) is 2. The molecule has 1 heterocycles. The summed E-state index contributed by atoms with van der Waals surface area (Å²) in [7, 11) is 0. The number of hydrogen-bond acceptors (Lipinski definition) is 3. The zero-order chi connectivity index (χ0) is 19.4. The number of benzene rings is 1. The van der Waals surface area contributed by atoms with Crippen molar-refractivity contribution in [3.05, 3.63) is 35.9 Å². The number of imide groups is 1. The number of carbonyl (C=O) groups is 3. The molecule has 0 unspecified atom stereocenters. The second-order valence-corrected chi connectivity index (χ2v) is 7.89. The quantitative estimate of drug-likeness (QED) is 0.754. The van der Waals surface area contributed by atoms with Gasteiger partial charge in [0.2, 0.25) is 5.91 Å². The van der Waals surface area contributed by atoms with Crippen LogP contribution in [0, 0.1) is 11.8 Å². The van der Waals surface area contributed by atoms with Crippen molar-refractivity contribution in [3.8, 4) is 0 Å². The SMILES string of the molecule is C[C@H]1[C@H](C)CCC[C@@H]1NC(=O)CN1C(=O)N[C@H](CCc2ccccc2)C1=O. The first kappa shape index (κ1) is 19.4. The van der Waals surface area contributed by atoms with Gasteiger partial charge in [0.1, 0.15) is 12.6 Å². The number of carbonyl (C=O) groups excluding carboxylic acids is 3. The van der Waals surface area contributed by atoms with Crippen LogP contribution in [0.1, 0.15) is 45.1 Å². The maximum Gasteiger partial charge on any atom is 0.325 e. The second kappa shape index (κ2) is 8.55. The summed E-state index contributed by atoms with van der Waals surface area (Å²) in [6.07, 6.45) is 4.47. The van der Waals surface area contributed by atoms with E-state index >= 15 is 0 Å². The van der Waals surface area contributed by atoms with Gasteiger partial charge in [0.25, 0.3) is 5.91 Å². The molecule has 1 saturated carbocycles. The molecule has 4 amide bonds. The Balaban J connectivity index is 1.51. The molecule has 1 aliphatic heterocycles. The minimum Gasteiger partial charge on any atom is -0.352 e. The van der Waals surface area contributed by atoms with Gasteiger partial charge in [-0.2, -0.15) is 0 Å². The third kappa shape index (κ3) is 4.67. The molecule has 6 heteroatoms. The van der Waals surface area contributed by atoms with Crippen molar-refractivity contribution in [2.24, 2.45) is 11.8 Å². The summed E-state index contributed by atoms with van der Waals surface area (Å²) in [5.74, 6) is 0.414. The summed E-state index contributed by atoms with van der Waals surface area (Å²) < 4.78 is 0. The van der Waals surface area contributed by atoms with Gasteiger partial charge in [-0.25, -0.2) is 4.79 Å². The molecule has 2 aliphatic rings. The molecular formula is C21H29N3O3. The summed E-state index contributed by atoms with van der Waals surface area (Å²) in [6, 6.07) is 8.94. The summed E-state index contributed by atoms with van der Waals surface area (Å²) in [5, 5.41) is 5.73. The summed E-state index contributed by atoms with van der Waals surface area (Å²) in [4.78, 5) is 38.2. The molecule has 1 aromatic rings. The van der Waals surface area contributed by atoms with Gasteiger partial charge in [-0.3, -0.25) is 14.5 Å². The fourth-order valence-electron chi connectivity index (χ4n) is 4.06. The first-order valence-corrected chi connectivity index (χ1v) is 9.91. The highest BCUT2D eigenvalue weighted by Gasteiger charge is 2.39. The maximum absolute atomic E-state index is 12.5. The second-order valence-electron chi connectivity index (χ2n) is 7.89. The van der Waals surface area contributed by atoms with E-state index in [0.717, 1.165) is 23.3 Å². The van der Waals surface area contributed by atoms with Gasteiger partial charge in [-0.1, -0.05) is 57.0 Å². The largest absolute Gasteiger partial charge is 0.352 e. The van der Waals surface area contributed by atoms with Crippen LogP contribution < -0.4 is 10.6 Å². The molecule has 1 aromatic carbocycles. The van der Waals surface area contributed by atoms with Gasteiger partial charge >= 0.3 is 6.03 Å². The first-order valence-electron chi connectivity index (χ1n) is 9.91. The van der Waals surface area contributed by atoms with Gasteiger partial charge in [0.05, 0.1) is 0 Å². The molecule has 3 rings (SSSR count). The van der Waals surface area contributed by atoms with Crippen molar-refractivity contribution in [3.63, 3.8) is 0 Å². The highest BCUT2D eigenvalue weighted by molar-refractivity contribution is 6.06. The fourth-order valence-corrected chi connectivity index (χ4v) is 4.06. The molecule has 1 aliphatic carbocycles. The predicted molar refractivity (Wildman–Crippen MR) is 103 cm³/mol. The van der Waals surface area contributed by atoms with Crippen molar-refractivity contribution in [1.29, 1.82) is 0 Å². The Hall–Kier alpha value is -2.37. The number of rotatable bonds is 6. The molecule has 2 N–H and O–H groups in total. The molecule has 1 saturated heterocycles. The average Bonchev–Trinajstić information content (AvgIpc) is 2.92. The van der Waals surface area contributed by atoms with Crippen molar-refractivity contribution in [1.82, 2.24) is 15.5 Å². The highest BCUT2D eigenvalue weighted by atomic mass is 16.2. The number of nitrogens with zero attached hydrogens (tertiary/aromatic N) is 1. The summed E-state index contributed by atoms with van der Waals surface area (Å²) in [6.45, 7) is 4.16. The third-order valence-corrected chi connectivity index (χ3v) is 6.03. The fraction of sp³-hybridized carbons (Fsp3) is 0.571. The Morgan fingerprint density at radius 3 is 2.67 bits per heavy atom. The van der Waals surface area contributed by atoms with Crippen LogP contribution in [-0.4, -0.2) is 41.4 Å². The molecule has 2 fully saturated rings. The van der Waals surface area contributed by atoms with Crippen LogP contribution in [0.5, 0.6) is 0 Å². The molecule has 146 valence electrons. The standard InChI is InChI=1S/C21H29N3O3/c1-14-7-6-10-17(15(14)2)22-19(25)13-24-20(26)18(23-21(24)27)12-11-16-8-4-3-5-9-16/h3-5,8-9,14-15,17-18H,6-7,10-13H2,1-2H3,(H,22,25)(H,23,27)/t14-,15+,17+,18-/m1/s1. The van der Waals surface area contributed by atoms with Crippen LogP contribution in [0.2, 0.25) is 0 Å². The van der Waals surface area contributed by atoms with Crippen LogP contribution in [0.15, 0.2) is 30.3 Å².